The van der Waals surface area contributed by atoms with Gasteiger partial charge < -0.3 is 11.1 Å². The number of hydrogen-bond acceptors (Lipinski definition) is 2. The van der Waals surface area contributed by atoms with Crippen LogP contribution in [0.25, 0.3) is 0 Å². The Morgan fingerprint density at radius 1 is 1.19 bits per heavy atom. The third kappa shape index (κ3) is 4.12. The number of nitrogens with one attached hydrogen (secondary N) is 1. The highest BCUT2D eigenvalue weighted by atomic mass is 16.2. The summed E-state index contributed by atoms with van der Waals surface area (Å²) in [5, 5.41) is 3.10. The van der Waals surface area contributed by atoms with Crippen molar-refractivity contribution in [2.45, 2.75) is 71.4 Å². The van der Waals surface area contributed by atoms with Crippen LogP contribution in [-0.2, 0) is 4.79 Å². The van der Waals surface area contributed by atoms with Crippen molar-refractivity contribution >= 4 is 5.91 Å². The van der Waals surface area contributed by atoms with E-state index >= 15 is 0 Å². The van der Waals surface area contributed by atoms with Gasteiger partial charge in [-0.15, -0.1) is 0 Å². The molecule has 0 bridgehead atoms. The van der Waals surface area contributed by atoms with Gasteiger partial charge in [0.2, 0.25) is 5.91 Å². The molecule has 3 nitrogen and oxygen atoms in total. The Morgan fingerprint density at radius 3 is 2.12 bits per heavy atom. The van der Waals surface area contributed by atoms with E-state index in [4.69, 9.17) is 5.73 Å². The van der Waals surface area contributed by atoms with E-state index in [-0.39, 0.29) is 11.3 Å². The molecule has 1 rings (SSSR count). The van der Waals surface area contributed by atoms with E-state index in [0.29, 0.717) is 6.04 Å². The molecular formula is C13H26N2O. The summed E-state index contributed by atoms with van der Waals surface area (Å²) in [6.07, 6.45) is 7.30. The normalized spacial score (nSPS) is 21.2. The molecule has 3 N–H and O–H groups in total. The molecule has 1 aliphatic carbocycles. The molecule has 1 saturated carbocycles. The van der Waals surface area contributed by atoms with Crippen molar-refractivity contribution in [1.82, 2.24) is 5.32 Å². The lowest BCUT2D eigenvalue weighted by Gasteiger charge is -2.28. The van der Waals surface area contributed by atoms with Crippen molar-refractivity contribution in [3.63, 3.8) is 0 Å². The third-order valence-electron chi connectivity index (χ3n) is 3.42. The van der Waals surface area contributed by atoms with Gasteiger partial charge in [-0.05, 0) is 18.3 Å². The van der Waals surface area contributed by atoms with Gasteiger partial charge in [-0.2, -0.15) is 0 Å². The van der Waals surface area contributed by atoms with Crippen LogP contribution in [0, 0.1) is 5.41 Å². The molecule has 0 aliphatic heterocycles. The van der Waals surface area contributed by atoms with Crippen LogP contribution in [0.3, 0.4) is 0 Å². The third-order valence-corrected chi connectivity index (χ3v) is 3.42. The molecule has 0 aromatic carbocycles. The fourth-order valence-corrected chi connectivity index (χ4v) is 2.11. The van der Waals surface area contributed by atoms with Gasteiger partial charge in [-0.25, -0.2) is 0 Å². The highest BCUT2D eigenvalue weighted by Gasteiger charge is 2.28. The topological polar surface area (TPSA) is 55.1 Å². The number of rotatable bonds is 2. The zero-order valence-electron chi connectivity index (χ0n) is 10.9. The van der Waals surface area contributed by atoms with Gasteiger partial charge in [-0.3, -0.25) is 4.79 Å². The molecular weight excluding hydrogens is 200 g/mol. The minimum Gasteiger partial charge on any atom is -0.352 e. The summed E-state index contributed by atoms with van der Waals surface area (Å²) in [6, 6.07) is -0.0563. The monoisotopic (exact) mass is 226 g/mol. The average molecular weight is 226 g/mol. The van der Waals surface area contributed by atoms with E-state index in [9.17, 15) is 4.79 Å². The Morgan fingerprint density at radius 2 is 1.69 bits per heavy atom. The van der Waals surface area contributed by atoms with E-state index in [1.165, 1.54) is 25.7 Å². The van der Waals surface area contributed by atoms with E-state index in [1.807, 2.05) is 20.8 Å². The number of amides is 1. The fourth-order valence-electron chi connectivity index (χ4n) is 2.11. The number of carbonyl (C=O) groups excluding carboxylic acids is 1. The lowest BCUT2D eigenvalue weighted by molar-refractivity contribution is -0.125. The molecule has 94 valence electrons. The van der Waals surface area contributed by atoms with Gasteiger partial charge in [0.05, 0.1) is 6.04 Å². The first-order valence-electron chi connectivity index (χ1n) is 6.47. The zero-order chi connectivity index (χ0) is 12.2. The van der Waals surface area contributed by atoms with Gasteiger partial charge in [0.1, 0.15) is 0 Å². The summed E-state index contributed by atoms with van der Waals surface area (Å²) in [6.45, 7) is 6.01. The minimum absolute atomic E-state index is 0.0133. The fraction of sp³-hybridized carbons (Fsp3) is 0.923. The Kier molecular flexibility index (Phi) is 4.78. The summed E-state index contributed by atoms with van der Waals surface area (Å²) in [5.41, 5.74) is 5.78. The van der Waals surface area contributed by atoms with Crippen molar-refractivity contribution in [1.29, 1.82) is 0 Å². The van der Waals surface area contributed by atoms with Gasteiger partial charge in [0.25, 0.3) is 0 Å². The summed E-state index contributed by atoms with van der Waals surface area (Å²) < 4.78 is 0. The van der Waals surface area contributed by atoms with Crippen LogP contribution < -0.4 is 11.1 Å². The molecule has 0 saturated heterocycles. The van der Waals surface area contributed by atoms with Gasteiger partial charge in [-0.1, -0.05) is 46.5 Å². The minimum atomic E-state index is -0.407. The summed E-state index contributed by atoms with van der Waals surface area (Å²) in [7, 11) is 0. The molecule has 1 fully saturated rings. The lowest BCUT2D eigenvalue weighted by atomic mass is 9.86. The first-order chi connectivity index (χ1) is 7.41. The molecule has 16 heavy (non-hydrogen) atoms. The van der Waals surface area contributed by atoms with E-state index in [2.05, 4.69) is 5.32 Å². The van der Waals surface area contributed by atoms with Crippen LogP contribution in [0.2, 0.25) is 0 Å². The van der Waals surface area contributed by atoms with Crippen LogP contribution in [0.4, 0.5) is 0 Å². The number of nitrogens with two attached hydrogens (primary N) is 1. The average Bonchev–Trinajstić information content (AvgIpc) is 2.43. The Bertz CT molecular complexity index is 225. The first kappa shape index (κ1) is 13.5. The van der Waals surface area contributed by atoms with Gasteiger partial charge in [0, 0.05) is 6.04 Å². The van der Waals surface area contributed by atoms with E-state index in [1.54, 1.807) is 0 Å². The molecule has 0 aromatic rings. The predicted octanol–water partition coefficient (Wildman–Crippen LogP) is 2.20. The van der Waals surface area contributed by atoms with Crippen LogP contribution in [-0.4, -0.2) is 18.0 Å². The molecule has 1 atom stereocenters. The standard InChI is InChI=1S/C13H26N2O/c1-13(2,3)11(14)12(16)15-10-8-6-4-5-7-9-10/h10-11H,4-9,14H2,1-3H3,(H,15,16). The molecule has 0 aromatic heterocycles. The molecule has 0 spiro atoms. The van der Waals surface area contributed by atoms with E-state index < -0.39 is 6.04 Å². The Balaban J connectivity index is 2.43. The van der Waals surface area contributed by atoms with Crippen molar-refractivity contribution in [3.8, 4) is 0 Å². The van der Waals surface area contributed by atoms with Crippen molar-refractivity contribution in [2.24, 2.45) is 11.1 Å². The molecule has 1 amide bonds. The van der Waals surface area contributed by atoms with Gasteiger partial charge >= 0.3 is 0 Å². The molecule has 3 heteroatoms. The van der Waals surface area contributed by atoms with Crippen molar-refractivity contribution < 1.29 is 4.79 Å². The first-order valence-corrected chi connectivity index (χ1v) is 6.47. The van der Waals surface area contributed by atoms with Crippen LogP contribution in [0.1, 0.15) is 59.3 Å². The summed E-state index contributed by atoms with van der Waals surface area (Å²) >= 11 is 0. The zero-order valence-corrected chi connectivity index (χ0v) is 10.9. The SMILES string of the molecule is CC(C)(C)C(N)C(=O)NC1CCCCCC1. The summed E-state index contributed by atoms with van der Waals surface area (Å²) in [5.74, 6) is 0.0133. The maximum Gasteiger partial charge on any atom is 0.237 e. The molecule has 1 unspecified atom stereocenters. The Labute approximate surface area is 99.2 Å². The highest BCUT2D eigenvalue weighted by Crippen LogP contribution is 2.20. The van der Waals surface area contributed by atoms with Crippen molar-refractivity contribution in [2.75, 3.05) is 0 Å². The molecule has 1 aliphatic rings. The van der Waals surface area contributed by atoms with Crippen LogP contribution in [0.15, 0.2) is 0 Å². The second-order valence-corrected chi connectivity index (χ2v) is 6.04. The second-order valence-electron chi connectivity index (χ2n) is 6.04. The highest BCUT2D eigenvalue weighted by molar-refractivity contribution is 5.82. The largest absolute Gasteiger partial charge is 0.352 e. The quantitative estimate of drug-likeness (QED) is 0.709. The maximum atomic E-state index is 11.9. The Hall–Kier alpha value is -0.570. The smallest absolute Gasteiger partial charge is 0.237 e. The van der Waals surface area contributed by atoms with Crippen LogP contribution >= 0.6 is 0 Å². The number of hydrogen-bond donors (Lipinski definition) is 2. The van der Waals surface area contributed by atoms with Gasteiger partial charge in [0.15, 0.2) is 0 Å². The molecule has 0 heterocycles. The van der Waals surface area contributed by atoms with E-state index in [0.717, 1.165) is 12.8 Å². The van der Waals surface area contributed by atoms with Crippen molar-refractivity contribution in [3.05, 3.63) is 0 Å². The van der Waals surface area contributed by atoms with Crippen LogP contribution in [0.5, 0.6) is 0 Å². The maximum absolute atomic E-state index is 11.9. The predicted molar refractivity (Wildman–Crippen MR) is 67.1 cm³/mol. The summed E-state index contributed by atoms with van der Waals surface area (Å²) in [4.78, 5) is 11.9. The number of carbonyl (C=O) groups is 1. The lowest BCUT2D eigenvalue weighted by Crippen LogP contribution is -2.51. The second kappa shape index (κ2) is 5.67. The molecule has 0 radical (unpaired) electrons.